The molecule has 0 spiro atoms. The molecule has 1 aromatic carbocycles. The van der Waals surface area contributed by atoms with E-state index in [4.69, 9.17) is 0 Å². The van der Waals surface area contributed by atoms with E-state index in [1.165, 1.54) is 11.1 Å². The summed E-state index contributed by atoms with van der Waals surface area (Å²) in [6.45, 7) is 11.0. The number of benzene rings is 1. The number of nitrogens with zero attached hydrogens (tertiary/aromatic N) is 6. The van der Waals surface area contributed by atoms with Crippen molar-refractivity contribution in [2.75, 3.05) is 31.1 Å². The van der Waals surface area contributed by atoms with Crippen molar-refractivity contribution >= 4 is 11.7 Å². The Morgan fingerprint density at radius 3 is 2.39 bits per heavy atom. The predicted molar refractivity (Wildman–Crippen MR) is 122 cm³/mol. The van der Waals surface area contributed by atoms with Gasteiger partial charge in [0.05, 0.1) is 5.69 Å². The molecular formula is C24H30N6O. The molecule has 1 amide bonds. The van der Waals surface area contributed by atoms with Gasteiger partial charge in [0.15, 0.2) is 0 Å². The number of aromatic nitrogens is 4. The highest BCUT2D eigenvalue weighted by Gasteiger charge is 2.22. The third kappa shape index (κ3) is 4.76. The number of anilines is 1. The first-order valence-electron chi connectivity index (χ1n) is 10.9. The van der Waals surface area contributed by atoms with Crippen molar-refractivity contribution in [2.24, 2.45) is 0 Å². The minimum Gasteiger partial charge on any atom is -0.353 e. The second-order valence-corrected chi connectivity index (χ2v) is 8.27. The van der Waals surface area contributed by atoms with Crippen LogP contribution in [-0.4, -0.2) is 56.5 Å². The molecule has 0 aliphatic carbocycles. The van der Waals surface area contributed by atoms with Crippen molar-refractivity contribution in [1.82, 2.24) is 24.4 Å². The minimum absolute atomic E-state index is 0.227. The summed E-state index contributed by atoms with van der Waals surface area (Å²) in [6.07, 6.45) is 3.15. The molecule has 0 radical (unpaired) electrons. The maximum Gasteiger partial charge on any atom is 0.223 e. The van der Waals surface area contributed by atoms with Crippen LogP contribution in [0.3, 0.4) is 0 Å². The van der Waals surface area contributed by atoms with Crippen molar-refractivity contribution in [1.29, 1.82) is 0 Å². The number of hydrogen-bond donors (Lipinski definition) is 0. The molecule has 3 aromatic rings. The Bertz CT molecular complexity index is 1080. The highest BCUT2D eigenvalue weighted by atomic mass is 16.2. The van der Waals surface area contributed by atoms with Crippen molar-refractivity contribution in [3.05, 3.63) is 65.0 Å². The Balaban J connectivity index is 1.38. The van der Waals surface area contributed by atoms with Crippen LogP contribution in [0.1, 0.15) is 34.8 Å². The predicted octanol–water partition coefficient (Wildman–Crippen LogP) is 3.18. The molecule has 162 valence electrons. The van der Waals surface area contributed by atoms with E-state index in [9.17, 15) is 4.79 Å². The first kappa shape index (κ1) is 21.0. The molecule has 0 atom stereocenters. The number of carbonyl (C=O) groups excluding carboxylic acids is 1. The standard InChI is InChI=1S/C24H30N6O/c1-17-6-5-7-21(14-17)8-9-24(31)29-12-10-28(11-13-29)22-15-23(27-20(4)26-22)30-16-25-18(2)19(30)3/h5-7,14-16H,8-13H2,1-4H3. The average molecular weight is 419 g/mol. The Hall–Kier alpha value is -3.22. The molecule has 1 saturated heterocycles. The molecule has 0 saturated carbocycles. The second-order valence-electron chi connectivity index (χ2n) is 8.27. The van der Waals surface area contributed by atoms with Crippen LogP contribution in [0.15, 0.2) is 36.7 Å². The lowest BCUT2D eigenvalue weighted by molar-refractivity contribution is -0.131. The Morgan fingerprint density at radius 1 is 0.968 bits per heavy atom. The fourth-order valence-electron chi connectivity index (χ4n) is 4.01. The van der Waals surface area contributed by atoms with Crippen LogP contribution >= 0.6 is 0 Å². The molecule has 0 unspecified atom stereocenters. The third-order valence-corrected chi connectivity index (χ3v) is 5.98. The first-order valence-corrected chi connectivity index (χ1v) is 10.9. The molecule has 1 fully saturated rings. The van der Waals surface area contributed by atoms with E-state index in [1.807, 2.05) is 36.3 Å². The lowest BCUT2D eigenvalue weighted by Gasteiger charge is -2.35. The van der Waals surface area contributed by atoms with E-state index in [1.54, 1.807) is 6.33 Å². The van der Waals surface area contributed by atoms with E-state index in [0.29, 0.717) is 19.5 Å². The van der Waals surface area contributed by atoms with E-state index >= 15 is 0 Å². The molecule has 1 aliphatic heterocycles. The van der Waals surface area contributed by atoms with Gasteiger partial charge < -0.3 is 9.80 Å². The summed E-state index contributed by atoms with van der Waals surface area (Å²) >= 11 is 0. The summed E-state index contributed by atoms with van der Waals surface area (Å²) in [7, 11) is 0. The number of amides is 1. The van der Waals surface area contributed by atoms with Gasteiger partial charge >= 0.3 is 0 Å². The van der Waals surface area contributed by atoms with E-state index in [0.717, 1.165) is 48.4 Å². The van der Waals surface area contributed by atoms with Crippen molar-refractivity contribution in [3.8, 4) is 5.82 Å². The average Bonchev–Trinajstić information content (AvgIpc) is 3.10. The lowest BCUT2D eigenvalue weighted by atomic mass is 10.1. The Kier molecular flexibility index (Phi) is 6.02. The van der Waals surface area contributed by atoms with Gasteiger partial charge in [-0.1, -0.05) is 29.8 Å². The van der Waals surface area contributed by atoms with Crippen LogP contribution in [0.25, 0.3) is 5.82 Å². The van der Waals surface area contributed by atoms with Crippen LogP contribution in [0.2, 0.25) is 0 Å². The molecule has 7 nitrogen and oxygen atoms in total. The molecule has 0 N–H and O–H groups in total. The van der Waals surface area contributed by atoms with E-state index in [2.05, 4.69) is 51.0 Å². The number of rotatable bonds is 5. The van der Waals surface area contributed by atoms with Gasteiger partial charge in [0, 0.05) is 44.4 Å². The van der Waals surface area contributed by atoms with Gasteiger partial charge in [0.25, 0.3) is 0 Å². The quantitative estimate of drug-likeness (QED) is 0.637. The SMILES string of the molecule is Cc1cccc(CCC(=O)N2CCN(c3cc(-n4cnc(C)c4C)nc(C)n3)CC2)c1. The summed E-state index contributed by atoms with van der Waals surface area (Å²) in [4.78, 5) is 30.5. The maximum absolute atomic E-state index is 12.7. The summed E-state index contributed by atoms with van der Waals surface area (Å²) in [5.41, 5.74) is 4.53. The number of imidazole rings is 1. The highest BCUT2D eigenvalue weighted by Crippen LogP contribution is 2.20. The van der Waals surface area contributed by atoms with Gasteiger partial charge in [-0.25, -0.2) is 15.0 Å². The second kappa shape index (κ2) is 8.88. The molecule has 3 heterocycles. The van der Waals surface area contributed by atoms with Crippen LogP contribution in [0.5, 0.6) is 0 Å². The zero-order valence-corrected chi connectivity index (χ0v) is 18.8. The molecular weight excluding hydrogens is 388 g/mol. The topological polar surface area (TPSA) is 67.2 Å². The molecule has 31 heavy (non-hydrogen) atoms. The van der Waals surface area contributed by atoms with E-state index < -0.39 is 0 Å². The van der Waals surface area contributed by atoms with Crippen molar-refractivity contribution in [3.63, 3.8) is 0 Å². The zero-order valence-electron chi connectivity index (χ0n) is 18.8. The highest BCUT2D eigenvalue weighted by molar-refractivity contribution is 5.76. The zero-order chi connectivity index (χ0) is 22.0. The van der Waals surface area contributed by atoms with Gasteiger partial charge in [0.1, 0.15) is 23.8 Å². The maximum atomic E-state index is 12.7. The number of piperazine rings is 1. The largest absolute Gasteiger partial charge is 0.353 e. The van der Waals surface area contributed by atoms with Crippen LogP contribution in [0.4, 0.5) is 5.82 Å². The molecule has 4 rings (SSSR count). The fourth-order valence-corrected chi connectivity index (χ4v) is 4.01. The molecule has 0 bridgehead atoms. The molecule has 1 aliphatic rings. The van der Waals surface area contributed by atoms with Crippen LogP contribution in [0, 0.1) is 27.7 Å². The Labute approximate surface area is 183 Å². The molecule has 2 aromatic heterocycles. The summed E-state index contributed by atoms with van der Waals surface area (Å²) < 4.78 is 2.00. The first-order chi connectivity index (χ1) is 14.9. The number of hydrogen-bond acceptors (Lipinski definition) is 5. The van der Waals surface area contributed by atoms with E-state index in [-0.39, 0.29) is 5.91 Å². The number of aryl methyl sites for hydroxylation is 4. The van der Waals surface area contributed by atoms with Gasteiger partial charge in [0.2, 0.25) is 5.91 Å². The van der Waals surface area contributed by atoms with Gasteiger partial charge in [-0.2, -0.15) is 0 Å². The van der Waals surface area contributed by atoms with Crippen molar-refractivity contribution in [2.45, 2.75) is 40.5 Å². The minimum atomic E-state index is 0.227. The monoisotopic (exact) mass is 418 g/mol. The lowest BCUT2D eigenvalue weighted by Crippen LogP contribution is -2.49. The van der Waals surface area contributed by atoms with Crippen LogP contribution < -0.4 is 4.90 Å². The van der Waals surface area contributed by atoms with Crippen molar-refractivity contribution < 1.29 is 4.79 Å². The van der Waals surface area contributed by atoms with Crippen LogP contribution in [-0.2, 0) is 11.2 Å². The summed E-state index contributed by atoms with van der Waals surface area (Å²) in [5, 5.41) is 0. The molecule has 7 heteroatoms. The number of carbonyl (C=O) groups is 1. The van der Waals surface area contributed by atoms with Gasteiger partial charge in [-0.05, 0) is 39.7 Å². The Morgan fingerprint density at radius 2 is 1.71 bits per heavy atom. The third-order valence-electron chi connectivity index (χ3n) is 5.98. The van der Waals surface area contributed by atoms with Gasteiger partial charge in [-0.3, -0.25) is 9.36 Å². The van der Waals surface area contributed by atoms with Gasteiger partial charge in [-0.15, -0.1) is 0 Å². The summed E-state index contributed by atoms with van der Waals surface area (Å²) in [5.74, 6) is 2.69. The fraction of sp³-hybridized carbons (Fsp3) is 0.417. The smallest absolute Gasteiger partial charge is 0.223 e. The normalized spacial score (nSPS) is 14.2. The summed E-state index contributed by atoms with van der Waals surface area (Å²) in [6, 6.07) is 10.4.